The van der Waals surface area contributed by atoms with Crippen LogP contribution in [-0.2, 0) is 29.1 Å². The third-order valence-electron chi connectivity index (χ3n) is 8.19. The second-order valence-electron chi connectivity index (χ2n) is 9.30. The molecular formula is C17H18F4O7S. The largest absolute Gasteiger partial charge is 0.456 e. The third kappa shape index (κ3) is 1.95. The summed E-state index contributed by atoms with van der Waals surface area (Å²) in [6, 6.07) is 0. The summed E-state index contributed by atoms with van der Waals surface area (Å²) in [6.07, 6.45) is -1.13. The molecule has 7 nitrogen and oxygen atoms in total. The van der Waals surface area contributed by atoms with Crippen LogP contribution in [0.3, 0.4) is 0 Å². The molecule has 0 aromatic heterocycles. The van der Waals surface area contributed by atoms with Crippen LogP contribution in [0, 0.1) is 35.5 Å². The normalized spacial score (nSPS) is 52.6. The zero-order chi connectivity index (χ0) is 20.7. The first-order chi connectivity index (χ1) is 13.4. The Balaban J connectivity index is 1.30. The summed E-state index contributed by atoms with van der Waals surface area (Å²) in [5.41, 5.74) is 0. The Morgan fingerprint density at radius 1 is 1.00 bits per heavy atom. The Bertz CT molecular complexity index is 909. The van der Waals surface area contributed by atoms with Crippen molar-refractivity contribution < 1.29 is 49.5 Å². The van der Waals surface area contributed by atoms with Crippen LogP contribution in [0.15, 0.2) is 0 Å². The lowest BCUT2D eigenvalue weighted by molar-refractivity contribution is -0.258. The molecule has 4 saturated carbocycles. The first-order valence-corrected chi connectivity index (χ1v) is 11.1. The predicted octanol–water partition coefficient (Wildman–Crippen LogP) is 1.82. The molecule has 0 radical (unpaired) electrons. The van der Waals surface area contributed by atoms with Crippen LogP contribution in [-0.4, -0.2) is 54.2 Å². The lowest BCUT2D eigenvalue weighted by Crippen LogP contribution is -2.55. The molecule has 0 amide bonds. The molecule has 12 heteroatoms. The van der Waals surface area contributed by atoms with E-state index in [-0.39, 0.29) is 36.6 Å². The predicted molar refractivity (Wildman–Crippen MR) is 83.2 cm³/mol. The van der Waals surface area contributed by atoms with Gasteiger partial charge in [-0.2, -0.15) is 26.0 Å². The van der Waals surface area contributed by atoms with Crippen molar-refractivity contribution in [3.63, 3.8) is 0 Å². The van der Waals surface area contributed by atoms with Gasteiger partial charge in [0.1, 0.15) is 0 Å². The Hall–Kier alpha value is -0.980. The Labute approximate surface area is 162 Å². The zero-order valence-electron chi connectivity index (χ0n) is 14.8. The molecule has 2 aliphatic heterocycles. The lowest BCUT2D eigenvalue weighted by atomic mass is 9.81. The fourth-order valence-corrected chi connectivity index (χ4v) is 7.57. The van der Waals surface area contributed by atoms with Crippen LogP contribution < -0.4 is 0 Å². The average Bonchev–Trinajstić information content (AvgIpc) is 3.39. The maximum absolute atomic E-state index is 14.6. The van der Waals surface area contributed by atoms with Gasteiger partial charge < -0.3 is 14.2 Å². The fourth-order valence-electron chi connectivity index (χ4n) is 7.07. The van der Waals surface area contributed by atoms with E-state index < -0.39 is 63.1 Å². The molecule has 2 heterocycles. The number of rotatable bonds is 3. The van der Waals surface area contributed by atoms with Crippen LogP contribution in [0.1, 0.15) is 25.7 Å². The third-order valence-corrected chi connectivity index (χ3v) is 9.11. The van der Waals surface area contributed by atoms with Crippen molar-refractivity contribution in [2.24, 2.45) is 35.5 Å². The van der Waals surface area contributed by atoms with Crippen LogP contribution in [0.4, 0.5) is 17.6 Å². The summed E-state index contributed by atoms with van der Waals surface area (Å²) in [6.45, 7) is 0. The molecule has 0 aromatic carbocycles. The molecule has 162 valence electrons. The Morgan fingerprint density at radius 2 is 1.69 bits per heavy atom. The smallest absolute Gasteiger partial charge is 0.431 e. The maximum Gasteiger partial charge on any atom is 0.431 e. The Kier molecular flexibility index (Phi) is 3.29. The number of hydrogen-bond acceptors (Lipinski definition) is 6. The quantitative estimate of drug-likeness (QED) is 0.404. The van der Waals surface area contributed by atoms with E-state index in [4.69, 9.17) is 18.8 Å². The molecule has 4 bridgehead atoms. The van der Waals surface area contributed by atoms with Gasteiger partial charge >= 0.3 is 27.3 Å². The van der Waals surface area contributed by atoms with Crippen molar-refractivity contribution in [1.29, 1.82) is 0 Å². The molecule has 29 heavy (non-hydrogen) atoms. The van der Waals surface area contributed by atoms with Gasteiger partial charge in [0.25, 0.3) is 0 Å². The number of carbonyl (C=O) groups is 1. The first-order valence-electron chi connectivity index (χ1n) is 9.67. The number of hydrogen-bond donors (Lipinski definition) is 1. The van der Waals surface area contributed by atoms with Crippen molar-refractivity contribution in [2.45, 2.75) is 61.0 Å². The molecule has 0 aromatic rings. The molecule has 6 aliphatic rings. The molecule has 4 aliphatic carbocycles. The number of carbonyl (C=O) groups excluding carboxylic acids is 1. The molecular weight excluding hydrogens is 424 g/mol. The van der Waals surface area contributed by atoms with Crippen molar-refractivity contribution in [2.75, 3.05) is 0 Å². The average molecular weight is 442 g/mol. The van der Waals surface area contributed by atoms with Crippen LogP contribution in [0.2, 0.25) is 0 Å². The van der Waals surface area contributed by atoms with Crippen molar-refractivity contribution in [1.82, 2.24) is 0 Å². The van der Waals surface area contributed by atoms with E-state index in [9.17, 15) is 30.8 Å². The van der Waals surface area contributed by atoms with Gasteiger partial charge in [-0.1, -0.05) is 0 Å². The zero-order valence-corrected chi connectivity index (χ0v) is 15.7. The van der Waals surface area contributed by atoms with Gasteiger partial charge in [0, 0.05) is 17.8 Å². The summed E-state index contributed by atoms with van der Waals surface area (Å²) in [5.74, 6) is -10.4. The Morgan fingerprint density at radius 3 is 2.38 bits per heavy atom. The van der Waals surface area contributed by atoms with Gasteiger partial charge in [0.2, 0.25) is 5.79 Å². The fraction of sp³-hybridized carbons (Fsp3) is 0.941. The van der Waals surface area contributed by atoms with E-state index in [1.54, 1.807) is 0 Å². The number of esters is 1. The number of fused-ring (bicyclic) bond motifs is 8. The van der Waals surface area contributed by atoms with Gasteiger partial charge in [-0.05, 0) is 37.5 Å². The van der Waals surface area contributed by atoms with Crippen LogP contribution in [0.5, 0.6) is 0 Å². The molecule has 1 N–H and O–H groups in total. The van der Waals surface area contributed by atoms with Gasteiger partial charge in [-0.3, -0.25) is 9.35 Å². The summed E-state index contributed by atoms with van der Waals surface area (Å²) in [4.78, 5) is 12.0. The summed E-state index contributed by atoms with van der Waals surface area (Å²) in [5, 5.41) is -5.59. The highest BCUT2D eigenvalue weighted by Crippen LogP contribution is 2.68. The molecule has 1 spiro atoms. The number of alkyl halides is 4. The van der Waals surface area contributed by atoms with E-state index in [1.807, 2.05) is 0 Å². The summed E-state index contributed by atoms with van der Waals surface area (Å²) >= 11 is 0. The van der Waals surface area contributed by atoms with Crippen LogP contribution in [0.25, 0.3) is 0 Å². The van der Waals surface area contributed by atoms with Crippen molar-refractivity contribution >= 4 is 16.1 Å². The van der Waals surface area contributed by atoms with E-state index in [2.05, 4.69) is 0 Å². The maximum atomic E-state index is 14.6. The van der Waals surface area contributed by atoms with Crippen LogP contribution >= 0.6 is 0 Å². The van der Waals surface area contributed by atoms with E-state index >= 15 is 0 Å². The second kappa shape index (κ2) is 5.08. The minimum atomic E-state index is -6.29. The highest BCUT2D eigenvalue weighted by molar-refractivity contribution is 7.87. The minimum Gasteiger partial charge on any atom is -0.456 e. The highest BCUT2D eigenvalue weighted by Gasteiger charge is 2.79. The van der Waals surface area contributed by atoms with Gasteiger partial charge in [0.15, 0.2) is 6.10 Å². The monoisotopic (exact) mass is 442 g/mol. The van der Waals surface area contributed by atoms with Crippen molar-refractivity contribution in [3.8, 4) is 0 Å². The van der Waals surface area contributed by atoms with Gasteiger partial charge in [0.05, 0.1) is 18.1 Å². The van der Waals surface area contributed by atoms with E-state index in [0.29, 0.717) is 12.8 Å². The topological polar surface area (TPSA) is 99.1 Å². The van der Waals surface area contributed by atoms with Gasteiger partial charge in [-0.25, -0.2) is 0 Å². The number of halogens is 4. The lowest BCUT2D eigenvalue weighted by Gasteiger charge is -2.37. The number of ether oxygens (including phenoxy) is 3. The first kappa shape index (κ1) is 18.8. The highest BCUT2D eigenvalue weighted by atomic mass is 32.2. The van der Waals surface area contributed by atoms with Crippen molar-refractivity contribution in [3.05, 3.63) is 0 Å². The van der Waals surface area contributed by atoms with E-state index in [1.165, 1.54) is 0 Å². The SMILES string of the molecule is O=C1OC2C3CC(CC13)C21OC2C3CC(C2O1)C(C(F)(F)C(F)(F)S(=O)(=O)O)C3. The molecule has 2 saturated heterocycles. The molecule has 10 unspecified atom stereocenters. The van der Waals surface area contributed by atoms with E-state index in [0.717, 1.165) is 0 Å². The molecule has 10 atom stereocenters. The molecule has 6 rings (SSSR count). The second-order valence-corrected chi connectivity index (χ2v) is 10.8. The minimum absolute atomic E-state index is 0.0508. The summed E-state index contributed by atoms with van der Waals surface area (Å²) in [7, 11) is -6.29. The summed E-state index contributed by atoms with van der Waals surface area (Å²) < 4.78 is 105. The molecule has 6 fully saturated rings. The standard InChI is InChI=1S/C17H18F4O7S/c18-16(19,17(20,21)29(23,24)25)10-2-5-1-9(10)12-11(5)27-15(28-12)6-3-7-8(4-6)14(22)26-13(7)15/h5-13H,1-4H2,(H,23,24,25). The van der Waals surface area contributed by atoms with Gasteiger partial charge in [-0.15, -0.1) is 0 Å².